The molecule has 150 valence electrons. The zero-order chi connectivity index (χ0) is 20.7. The van der Waals surface area contributed by atoms with Gasteiger partial charge in [0.15, 0.2) is 11.9 Å². The highest BCUT2D eigenvalue weighted by Crippen LogP contribution is 2.28. The zero-order valence-electron chi connectivity index (χ0n) is 15.0. The van der Waals surface area contributed by atoms with Crippen LogP contribution in [-0.2, 0) is 14.3 Å². The minimum absolute atomic E-state index is 0.310. The smallest absolute Gasteiger partial charge is 0.483 e. The van der Waals surface area contributed by atoms with E-state index < -0.39 is 24.2 Å². The first-order valence-corrected chi connectivity index (χ1v) is 8.06. The van der Waals surface area contributed by atoms with Crippen molar-refractivity contribution in [3.63, 3.8) is 0 Å². The van der Waals surface area contributed by atoms with Crippen molar-refractivity contribution < 1.29 is 41.7 Å². The molecule has 0 aliphatic carbocycles. The van der Waals surface area contributed by atoms with Crippen molar-refractivity contribution in [1.82, 2.24) is 0 Å². The number of ketones is 1. The molecule has 0 radical (unpaired) electrons. The average molecular weight is 398 g/mol. The first-order valence-electron chi connectivity index (χ1n) is 8.06. The lowest BCUT2D eigenvalue weighted by molar-refractivity contribution is -0.274. The summed E-state index contributed by atoms with van der Waals surface area (Å²) in [5, 5.41) is 0. The normalized spacial score (nSPS) is 12.0. The summed E-state index contributed by atoms with van der Waals surface area (Å²) < 4.78 is 55.6. The minimum atomic E-state index is -4.76. The molecular formula is C19H17F3O6. The molecule has 2 aromatic rings. The lowest BCUT2D eigenvalue weighted by Crippen LogP contribution is -2.26. The van der Waals surface area contributed by atoms with Gasteiger partial charge in [-0.3, -0.25) is 9.59 Å². The first-order chi connectivity index (χ1) is 13.2. The van der Waals surface area contributed by atoms with Gasteiger partial charge in [-0.1, -0.05) is 0 Å². The van der Waals surface area contributed by atoms with E-state index in [-0.39, 0.29) is 12.2 Å². The van der Waals surface area contributed by atoms with Gasteiger partial charge in [0.1, 0.15) is 29.4 Å². The number of ether oxygens (including phenoxy) is 4. The average Bonchev–Trinajstić information content (AvgIpc) is 2.63. The summed E-state index contributed by atoms with van der Waals surface area (Å²) >= 11 is 0. The number of hydrogen-bond acceptors (Lipinski definition) is 6. The fourth-order valence-corrected chi connectivity index (χ4v) is 2.06. The van der Waals surface area contributed by atoms with Crippen LogP contribution < -0.4 is 14.2 Å². The lowest BCUT2D eigenvalue weighted by Gasteiger charge is -2.14. The number of carbonyl (C=O) groups excluding carboxylic acids is 2. The Bertz CT molecular complexity index is 800. The van der Waals surface area contributed by atoms with Gasteiger partial charge >= 0.3 is 12.3 Å². The van der Waals surface area contributed by atoms with Gasteiger partial charge in [-0.25, -0.2) is 0 Å². The number of carbonyl (C=O) groups is 2. The molecule has 0 saturated heterocycles. The number of Topliss-reactive ketones (excluding diaryl/α,β-unsaturated/α-hetero) is 1. The number of esters is 1. The molecule has 9 heteroatoms. The lowest BCUT2D eigenvalue weighted by atomic mass is 10.2. The van der Waals surface area contributed by atoms with Crippen LogP contribution in [0.1, 0.15) is 13.3 Å². The van der Waals surface area contributed by atoms with Crippen molar-refractivity contribution in [2.75, 3.05) is 7.11 Å². The van der Waals surface area contributed by atoms with Gasteiger partial charge in [0, 0.05) is 0 Å². The second-order valence-electron chi connectivity index (χ2n) is 5.57. The van der Waals surface area contributed by atoms with E-state index in [1.165, 1.54) is 26.2 Å². The Labute approximate surface area is 158 Å². The molecule has 0 spiro atoms. The van der Waals surface area contributed by atoms with Crippen LogP contribution in [0.4, 0.5) is 13.2 Å². The third kappa shape index (κ3) is 6.82. The van der Waals surface area contributed by atoms with Crippen LogP contribution in [-0.4, -0.2) is 31.3 Å². The van der Waals surface area contributed by atoms with Crippen LogP contribution in [0, 0.1) is 0 Å². The number of halogens is 3. The molecule has 28 heavy (non-hydrogen) atoms. The van der Waals surface area contributed by atoms with E-state index in [1.54, 1.807) is 24.3 Å². The molecule has 0 aliphatic heterocycles. The predicted molar refractivity (Wildman–Crippen MR) is 91.4 cm³/mol. The molecule has 2 aromatic carbocycles. The van der Waals surface area contributed by atoms with Gasteiger partial charge < -0.3 is 18.9 Å². The third-order valence-corrected chi connectivity index (χ3v) is 3.43. The van der Waals surface area contributed by atoms with Gasteiger partial charge in [0.25, 0.3) is 0 Å². The molecule has 0 saturated carbocycles. The molecular weight excluding hydrogens is 381 g/mol. The fraction of sp³-hybridized carbons (Fsp3) is 0.263. The zero-order valence-corrected chi connectivity index (χ0v) is 15.0. The van der Waals surface area contributed by atoms with Crippen LogP contribution in [0.25, 0.3) is 0 Å². The van der Waals surface area contributed by atoms with E-state index in [2.05, 4.69) is 9.47 Å². The predicted octanol–water partition coefficient (Wildman–Crippen LogP) is 4.28. The third-order valence-electron chi connectivity index (χ3n) is 3.43. The van der Waals surface area contributed by atoms with E-state index >= 15 is 0 Å². The largest absolute Gasteiger partial charge is 0.573 e. The number of alkyl halides is 3. The highest BCUT2D eigenvalue weighted by molar-refractivity contribution is 5.97. The summed E-state index contributed by atoms with van der Waals surface area (Å²) in [6.07, 6.45) is -5.98. The Hall–Kier alpha value is -3.23. The van der Waals surface area contributed by atoms with Gasteiger partial charge in [-0.2, -0.15) is 0 Å². The number of methoxy groups -OCH3 is 1. The maximum absolute atomic E-state index is 12.1. The molecule has 1 unspecified atom stereocenters. The van der Waals surface area contributed by atoms with Crippen molar-refractivity contribution >= 4 is 11.8 Å². The minimum Gasteiger partial charge on any atom is -0.483 e. The molecule has 0 aliphatic rings. The van der Waals surface area contributed by atoms with E-state index in [1.807, 2.05) is 0 Å². The molecule has 0 aromatic heterocycles. The molecule has 0 fully saturated rings. The van der Waals surface area contributed by atoms with Gasteiger partial charge in [0.05, 0.1) is 7.11 Å². The van der Waals surface area contributed by atoms with Gasteiger partial charge in [0.2, 0.25) is 0 Å². The van der Waals surface area contributed by atoms with Crippen LogP contribution >= 0.6 is 0 Å². The van der Waals surface area contributed by atoms with Crippen molar-refractivity contribution in [3.05, 3.63) is 48.5 Å². The topological polar surface area (TPSA) is 71.1 Å². The maximum atomic E-state index is 12.1. The SMILES string of the molecule is COC(=O)CC(=O)C(C)Oc1ccc(Oc2ccc(OC(F)(F)F)cc2)cc1. The van der Waals surface area contributed by atoms with E-state index in [9.17, 15) is 22.8 Å². The Morgan fingerprint density at radius 1 is 0.893 bits per heavy atom. The maximum Gasteiger partial charge on any atom is 0.573 e. The summed E-state index contributed by atoms with van der Waals surface area (Å²) in [5.41, 5.74) is 0. The van der Waals surface area contributed by atoms with Crippen LogP contribution in [0.3, 0.4) is 0 Å². The first kappa shape index (κ1) is 21.1. The molecule has 1 atom stereocenters. The molecule has 0 bridgehead atoms. The van der Waals surface area contributed by atoms with Gasteiger partial charge in [-0.05, 0) is 55.5 Å². The Morgan fingerprint density at radius 3 is 1.82 bits per heavy atom. The molecule has 0 heterocycles. The van der Waals surface area contributed by atoms with Crippen LogP contribution in [0.15, 0.2) is 48.5 Å². The van der Waals surface area contributed by atoms with E-state index in [0.29, 0.717) is 17.2 Å². The standard InChI is InChI=1S/C19H17F3O6/c1-12(17(23)11-18(24)25-2)26-13-3-5-14(6-4-13)27-15-7-9-16(10-8-15)28-19(20,21)22/h3-10,12H,11H2,1-2H3. The summed E-state index contributed by atoms with van der Waals surface area (Å²) in [7, 11) is 1.19. The molecule has 2 rings (SSSR count). The monoisotopic (exact) mass is 398 g/mol. The second kappa shape index (κ2) is 9.12. The second-order valence-corrected chi connectivity index (χ2v) is 5.57. The van der Waals surface area contributed by atoms with Crippen molar-refractivity contribution in [2.45, 2.75) is 25.8 Å². The van der Waals surface area contributed by atoms with Crippen LogP contribution in [0.5, 0.6) is 23.0 Å². The number of rotatable bonds is 8. The van der Waals surface area contributed by atoms with Crippen molar-refractivity contribution in [1.29, 1.82) is 0 Å². The van der Waals surface area contributed by atoms with Crippen molar-refractivity contribution in [2.24, 2.45) is 0 Å². The number of benzene rings is 2. The van der Waals surface area contributed by atoms with E-state index in [0.717, 1.165) is 12.1 Å². The summed E-state index contributed by atoms with van der Waals surface area (Å²) in [4.78, 5) is 22.9. The molecule has 0 N–H and O–H groups in total. The molecule has 0 amide bonds. The van der Waals surface area contributed by atoms with E-state index in [4.69, 9.17) is 9.47 Å². The Kier molecular flexibility index (Phi) is 6.86. The Morgan fingerprint density at radius 2 is 1.36 bits per heavy atom. The van der Waals surface area contributed by atoms with Crippen LogP contribution in [0.2, 0.25) is 0 Å². The quantitative estimate of drug-likeness (QED) is 0.488. The highest BCUT2D eigenvalue weighted by atomic mass is 19.4. The Balaban J connectivity index is 1.92. The van der Waals surface area contributed by atoms with Crippen molar-refractivity contribution in [3.8, 4) is 23.0 Å². The highest BCUT2D eigenvalue weighted by Gasteiger charge is 2.31. The van der Waals surface area contributed by atoms with Gasteiger partial charge in [-0.15, -0.1) is 13.2 Å². The summed E-state index contributed by atoms with van der Waals surface area (Å²) in [6.45, 7) is 1.51. The fourth-order valence-electron chi connectivity index (χ4n) is 2.06. The summed E-state index contributed by atoms with van der Waals surface area (Å²) in [6, 6.07) is 11.2. The summed E-state index contributed by atoms with van der Waals surface area (Å²) in [5.74, 6) is -0.319. The molecule has 6 nitrogen and oxygen atoms in total. The number of hydrogen-bond donors (Lipinski definition) is 0.